The smallest absolute Gasteiger partial charge is 0.129 e. The van der Waals surface area contributed by atoms with Crippen molar-refractivity contribution in [2.45, 2.75) is 5.38 Å². The minimum absolute atomic E-state index is 0.347. The van der Waals surface area contributed by atoms with Gasteiger partial charge in [0.05, 0.1) is 17.5 Å². The molecule has 2 aromatic carbocycles. The first-order valence-corrected chi connectivity index (χ1v) is 7.06. The van der Waals surface area contributed by atoms with Gasteiger partial charge in [0.1, 0.15) is 11.6 Å². The molecular weight excluding hydrogens is 354 g/mol. The summed E-state index contributed by atoms with van der Waals surface area (Å²) in [6.45, 7) is 0. The molecule has 0 aromatic heterocycles. The minimum atomic E-state index is -0.600. The van der Waals surface area contributed by atoms with Gasteiger partial charge in [0.2, 0.25) is 0 Å². The van der Waals surface area contributed by atoms with E-state index in [1.165, 1.54) is 12.1 Å². The molecule has 0 fully saturated rings. The number of hydrogen-bond acceptors (Lipinski definition) is 1. The quantitative estimate of drug-likeness (QED) is 0.511. The van der Waals surface area contributed by atoms with Crippen LogP contribution in [0.3, 0.4) is 0 Å². The third-order valence-corrected chi connectivity index (χ3v) is 4.41. The second-order valence-electron chi connectivity index (χ2n) is 3.92. The van der Waals surface area contributed by atoms with E-state index in [9.17, 15) is 4.39 Å². The number of rotatable bonds is 3. The molecule has 0 bridgehead atoms. The lowest BCUT2D eigenvalue weighted by atomic mass is 10.0. The van der Waals surface area contributed by atoms with Crippen LogP contribution in [0.4, 0.5) is 4.39 Å². The molecule has 1 unspecified atom stereocenters. The van der Waals surface area contributed by atoms with Crippen molar-refractivity contribution in [3.05, 3.63) is 62.8 Å². The SMILES string of the molecule is COc1ccc(C(Cl)c2cc(Cl)c(Br)cc2F)cc1. The first-order chi connectivity index (χ1) is 9.02. The molecule has 1 atom stereocenters. The maximum absolute atomic E-state index is 13.9. The lowest BCUT2D eigenvalue weighted by Gasteiger charge is -2.13. The van der Waals surface area contributed by atoms with Gasteiger partial charge in [-0.25, -0.2) is 4.39 Å². The second kappa shape index (κ2) is 6.12. The zero-order valence-electron chi connectivity index (χ0n) is 9.96. The summed E-state index contributed by atoms with van der Waals surface area (Å²) in [5.41, 5.74) is 1.12. The molecule has 0 saturated carbocycles. The maximum atomic E-state index is 13.9. The predicted octanol–water partition coefficient (Wildman–Crippen LogP) is 5.58. The maximum Gasteiger partial charge on any atom is 0.129 e. The summed E-state index contributed by atoms with van der Waals surface area (Å²) >= 11 is 15.4. The third-order valence-electron chi connectivity index (χ3n) is 2.72. The third kappa shape index (κ3) is 3.22. The van der Waals surface area contributed by atoms with Crippen molar-refractivity contribution < 1.29 is 9.13 Å². The number of hydrogen-bond donors (Lipinski definition) is 0. The highest BCUT2D eigenvalue weighted by Crippen LogP contribution is 2.35. The Bertz CT molecular complexity index is 587. The molecule has 0 heterocycles. The van der Waals surface area contributed by atoms with Crippen LogP contribution < -0.4 is 4.74 Å². The van der Waals surface area contributed by atoms with Gasteiger partial charge in [0.25, 0.3) is 0 Å². The van der Waals surface area contributed by atoms with Crippen LogP contribution in [0.25, 0.3) is 0 Å². The van der Waals surface area contributed by atoms with E-state index in [1.807, 2.05) is 0 Å². The van der Waals surface area contributed by atoms with Crippen LogP contribution in [0.5, 0.6) is 5.75 Å². The Morgan fingerprint density at radius 3 is 2.42 bits per heavy atom. The summed E-state index contributed by atoms with van der Waals surface area (Å²) in [7, 11) is 1.58. The Labute approximate surface area is 129 Å². The molecule has 1 nitrogen and oxygen atoms in total. The molecule has 0 aliphatic heterocycles. The highest BCUT2D eigenvalue weighted by Gasteiger charge is 2.17. The number of alkyl halides is 1. The molecule has 0 aliphatic carbocycles. The Hall–Kier alpha value is -0.770. The van der Waals surface area contributed by atoms with Crippen molar-refractivity contribution in [2.24, 2.45) is 0 Å². The van der Waals surface area contributed by atoms with Gasteiger partial charge in [-0.3, -0.25) is 0 Å². The summed E-state index contributed by atoms with van der Waals surface area (Å²) < 4.78 is 19.5. The molecule has 0 N–H and O–H groups in total. The number of methoxy groups -OCH3 is 1. The van der Waals surface area contributed by atoms with Gasteiger partial charge in [-0.1, -0.05) is 23.7 Å². The van der Waals surface area contributed by atoms with Gasteiger partial charge in [0, 0.05) is 10.0 Å². The van der Waals surface area contributed by atoms with Crippen LogP contribution in [0, 0.1) is 5.82 Å². The van der Waals surface area contributed by atoms with Crippen LogP contribution in [0.15, 0.2) is 40.9 Å². The average Bonchev–Trinajstić information content (AvgIpc) is 2.42. The fourth-order valence-electron chi connectivity index (χ4n) is 1.68. The predicted molar refractivity (Wildman–Crippen MR) is 79.8 cm³/mol. The summed E-state index contributed by atoms with van der Waals surface area (Å²) in [4.78, 5) is 0. The fourth-order valence-corrected chi connectivity index (χ4v) is 2.48. The lowest BCUT2D eigenvalue weighted by Crippen LogP contribution is -1.98. The van der Waals surface area contributed by atoms with E-state index in [1.54, 1.807) is 31.4 Å². The zero-order chi connectivity index (χ0) is 14.0. The highest BCUT2D eigenvalue weighted by molar-refractivity contribution is 9.10. The largest absolute Gasteiger partial charge is 0.497 e. The Balaban J connectivity index is 2.37. The van der Waals surface area contributed by atoms with Gasteiger partial charge in [-0.15, -0.1) is 11.6 Å². The van der Waals surface area contributed by atoms with E-state index in [2.05, 4.69) is 15.9 Å². The first kappa shape index (κ1) is 14.6. The van der Waals surface area contributed by atoms with Crippen molar-refractivity contribution in [3.8, 4) is 5.75 Å². The lowest BCUT2D eigenvalue weighted by molar-refractivity contribution is 0.414. The van der Waals surface area contributed by atoms with Gasteiger partial charge in [-0.05, 0) is 45.8 Å². The highest BCUT2D eigenvalue weighted by atomic mass is 79.9. The Kier molecular flexibility index (Phi) is 4.71. The summed E-state index contributed by atoms with van der Waals surface area (Å²) in [6.07, 6.45) is 0. The molecule has 0 saturated heterocycles. The zero-order valence-corrected chi connectivity index (χ0v) is 13.1. The van der Waals surface area contributed by atoms with Crippen molar-refractivity contribution in [2.75, 3.05) is 7.11 Å². The molecule has 0 radical (unpaired) electrons. The van der Waals surface area contributed by atoms with Crippen LogP contribution in [-0.4, -0.2) is 7.11 Å². The van der Waals surface area contributed by atoms with Crippen LogP contribution >= 0.6 is 39.1 Å². The molecule has 0 aliphatic rings. The van der Waals surface area contributed by atoms with E-state index in [-0.39, 0.29) is 0 Å². The monoisotopic (exact) mass is 362 g/mol. The molecule has 19 heavy (non-hydrogen) atoms. The van der Waals surface area contributed by atoms with E-state index in [0.717, 1.165) is 11.3 Å². The van der Waals surface area contributed by atoms with Gasteiger partial charge < -0.3 is 4.74 Å². The van der Waals surface area contributed by atoms with Crippen molar-refractivity contribution in [1.29, 1.82) is 0 Å². The van der Waals surface area contributed by atoms with E-state index in [4.69, 9.17) is 27.9 Å². The van der Waals surface area contributed by atoms with Gasteiger partial charge >= 0.3 is 0 Å². The standard InChI is InChI=1S/C14H10BrCl2FO/c1-19-9-4-2-8(3-5-9)14(17)10-6-12(16)11(15)7-13(10)18/h2-7,14H,1H3. The Morgan fingerprint density at radius 2 is 1.84 bits per heavy atom. The van der Waals surface area contributed by atoms with Crippen molar-refractivity contribution in [1.82, 2.24) is 0 Å². The van der Waals surface area contributed by atoms with E-state index in [0.29, 0.717) is 15.1 Å². The van der Waals surface area contributed by atoms with E-state index < -0.39 is 11.2 Å². The fraction of sp³-hybridized carbons (Fsp3) is 0.143. The summed E-state index contributed by atoms with van der Waals surface area (Å²) in [6, 6.07) is 10.0. The summed E-state index contributed by atoms with van der Waals surface area (Å²) in [5, 5.41) is -0.174. The average molecular weight is 364 g/mol. The molecule has 100 valence electrons. The first-order valence-electron chi connectivity index (χ1n) is 5.45. The Morgan fingerprint density at radius 1 is 1.21 bits per heavy atom. The molecule has 5 heteroatoms. The van der Waals surface area contributed by atoms with Crippen LogP contribution in [0.1, 0.15) is 16.5 Å². The second-order valence-corrected chi connectivity index (χ2v) is 5.62. The molecular formula is C14H10BrCl2FO. The molecule has 2 aromatic rings. The van der Waals surface area contributed by atoms with Crippen LogP contribution in [-0.2, 0) is 0 Å². The molecule has 0 amide bonds. The normalized spacial score (nSPS) is 12.3. The van der Waals surface area contributed by atoms with E-state index >= 15 is 0 Å². The van der Waals surface area contributed by atoms with Crippen molar-refractivity contribution >= 4 is 39.1 Å². The van der Waals surface area contributed by atoms with Crippen LogP contribution in [0.2, 0.25) is 5.02 Å². The number of benzene rings is 2. The molecule has 0 spiro atoms. The minimum Gasteiger partial charge on any atom is -0.497 e. The molecule has 2 rings (SSSR count). The van der Waals surface area contributed by atoms with Gasteiger partial charge in [-0.2, -0.15) is 0 Å². The summed E-state index contributed by atoms with van der Waals surface area (Å²) in [5.74, 6) is 0.328. The van der Waals surface area contributed by atoms with Crippen molar-refractivity contribution in [3.63, 3.8) is 0 Å². The topological polar surface area (TPSA) is 9.23 Å². The number of ether oxygens (including phenoxy) is 1. The van der Waals surface area contributed by atoms with Gasteiger partial charge in [0.15, 0.2) is 0 Å². The number of halogens is 4.